The highest BCUT2D eigenvalue weighted by molar-refractivity contribution is 5.99. The minimum absolute atomic E-state index is 0.0263. The second-order valence-corrected chi connectivity index (χ2v) is 4.37. The van der Waals surface area contributed by atoms with Gasteiger partial charge in [-0.3, -0.25) is 19.6 Å². The number of hydrogen-bond donors (Lipinski definition) is 1. The summed E-state index contributed by atoms with van der Waals surface area (Å²) in [5.74, 6) is -0.490. The summed E-state index contributed by atoms with van der Waals surface area (Å²) in [5.41, 5.74) is 0.988. The summed E-state index contributed by atoms with van der Waals surface area (Å²) in [6.45, 7) is 4.77. The maximum atomic E-state index is 11.7. The van der Waals surface area contributed by atoms with Crippen LogP contribution in [-0.2, 0) is 16.1 Å². The largest absolute Gasteiger partial charge is 0.296 e. The van der Waals surface area contributed by atoms with Gasteiger partial charge in [-0.05, 0) is 18.9 Å². The summed E-state index contributed by atoms with van der Waals surface area (Å²) in [4.78, 5) is 23.2. The molecular formula is C12H17N3O2. The zero-order valence-corrected chi connectivity index (χ0v) is 10.1. The van der Waals surface area contributed by atoms with Crippen LogP contribution in [0.15, 0.2) is 12.4 Å². The molecule has 1 aliphatic heterocycles. The molecule has 2 heterocycles. The van der Waals surface area contributed by atoms with E-state index in [1.165, 1.54) is 0 Å². The molecule has 0 spiro atoms. The summed E-state index contributed by atoms with van der Waals surface area (Å²) in [7, 11) is 0. The zero-order valence-electron chi connectivity index (χ0n) is 10.1. The third-order valence-corrected chi connectivity index (χ3v) is 3.34. The lowest BCUT2D eigenvalue weighted by atomic mass is 9.80. The van der Waals surface area contributed by atoms with E-state index in [0.717, 1.165) is 18.5 Å². The Labute approximate surface area is 100 Å². The summed E-state index contributed by atoms with van der Waals surface area (Å²) in [6.07, 6.45) is 4.81. The van der Waals surface area contributed by atoms with E-state index in [2.05, 4.69) is 10.4 Å². The number of carbonyl (C=O) groups is 2. The van der Waals surface area contributed by atoms with Gasteiger partial charge in [0, 0.05) is 31.0 Å². The fourth-order valence-electron chi connectivity index (χ4n) is 2.37. The molecule has 92 valence electrons. The van der Waals surface area contributed by atoms with Crippen molar-refractivity contribution in [1.29, 1.82) is 0 Å². The van der Waals surface area contributed by atoms with Gasteiger partial charge >= 0.3 is 0 Å². The highest BCUT2D eigenvalue weighted by Crippen LogP contribution is 2.33. The molecule has 0 bridgehead atoms. The van der Waals surface area contributed by atoms with E-state index < -0.39 is 0 Å². The van der Waals surface area contributed by atoms with Gasteiger partial charge in [0.05, 0.1) is 6.20 Å². The molecule has 1 aromatic rings. The van der Waals surface area contributed by atoms with Gasteiger partial charge in [0.1, 0.15) is 0 Å². The molecule has 1 saturated heterocycles. The summed E-state index contributed by atoms with van der Waals surface area (Å²) in [6, 6.07) is 0. The summed E-state index contributed by atoms with van der Waals surface area (Å²) in [5, 5.41) is 6.60. The SMILES string of the molecule is CCC1C(=O)NC(=O)CC1c1cnn(CC)c1. The Hall–Kier alpha value is -1.65. The second kappa shape index (κ2) is 4.69. The van der Waals surface area contributed by atoms with Crippen molar-refractivity contribution in [3.05, 3.63) is 18.0 Å². The van der Waals surface area contributed by atoms with Crippen LogP contribution in [0.4, 0.5) is 0 Å². The Morgan fingerprint density at radius 2 is 2.24 bits per heavy atom. The average Bonchev–Trinajstić information content (AvgIpc) is 2.76. The average molecular weight is 235 g/mol. The fourth-order valence-corrected chi connectivity index (χ4v) is 2.37. The molecule has 5 heteroatoms. The molecule has 1 aliphatic rings. The molecule has 5 nitrogen and oxygen atoms in total. The van der Waals surface area contributed by atoms with Crippen molar-refractivity contribution in [2.45, 2.75) is 39.2 Å². The van der Waals surface area contributed by atoms with Crippen molar-refractivity contribution in [2.75, 3.05) is 0 Å². The molecule has 0 aromatic carbocycles. The molecule has 1 aromatic heterocycles. The maximum absolute atomic E-state index is 11.7. The van der Waals surface area contributed by atoms with Crippen LogP contribution in [0.25, 0.3) is 0 Å². The Balaban J connectivity index is 2.27. The van der Waals surface area contributed by atoms with E-state index in [-0.39, 0.29) is 23.7 Å². The highest BCUT2D eigenvalue weighted by atomic mass is 16.2. The normalized spacial score (nSPS) is 24.8. The number of hydrogen-bond acceptors (Lipinski definition) is 3. The number of amides is 2. The number of aryl methyl sites for hydroxylation is 1. The van der Waals surface area contributed by atoms with Crippen molar-refractivity contribution in [2.24, 2.45) is 5.92 Å². The first-order chi connectivity index (χ1) is 8.15. The lowest BCUT2D eigenvalue weighted by Crippen LogP contribution is -2.44. The molecule has 2 rings (SSSR count). The van der Waals surface area contributed by atoms with Gasteiger partial charge in [-0.2, -0.15) is 5.10 Å². The number of rotatable bonds is 3. The molecular weight excluding hydrogens is 218 g/mol. The van der Waals surface area contributed by atoms with Crippen molar-refractivity contribution < 1.29 is 9.59 Å². The molecule has 1 fully saturated rings. The summed E-state index contributed by atoms with van der Waals surface area (Å²) < 4.78 is 1.82. The smallest absolute Gasteiger partial charge is 0.230 e. The highest BCUT2D eigenvalue weighted by Gasteiger charge is 2.36. The molecule has 0 aliphatic carbocycles. The van der Waals surface area contributed by atoms with Crippen molar-refractivity contribution in [3.8, 4) is 0 Å². The minimum Gasteiger partial charge on any atom is -0.296 e. The predicted octanol–water partition coefficient (Wildman–Crippen LogP) is 1.06. The first-order valence-corrected chi connectivity index (χ1v) is 6.01. The van der Waals surface area contributed by atoms with Crippen LogP contribution in [0.2, 0.25) is 0 Å². The third kappa shape index (κ3) is 2.23. The lowest BCUT2D eigenvalue weighted by molar-refractivity contribution is -0.137. The Morgan fingerprint density at radius 3 is 2.82 bits per heavy atom. The first-order valence-electron chi connectivity index (χ1n) is 6.01. The molecule has 1 N–H and O–H groups in total. The van der Waals surface area contributed by atoms with Crippen LogP contribution >= 0.6 is 0 Å². The Bertz CT molecular complexity index is 439. The molecule has 2 atom stereocenters. The predicted molar refractivity (Wildman–Crippen MR) is 62.2 cm³/mol. The number of aromatic nitrogens is 2. The third-order valence-electron chi connectivity index (χ3n) is 3.34. The summed E-state index contributed by atoms with van der Waals surface area (Å²) >= 11 is 0. The molecule has 2 amide bonds. The van der Waals surface area contributed by atoms with Crippen molar-refractivity contribution in [3.63, 3.8) is 0 Å². The van der Waals surface area contributed by atoms with E-state index in [0.29, 0.717) is 6.42 Å². The molecule has 2 unspecified atom stereocenters. The van der Waals surface area contributed by atoms with Crippen LogP contribution in [0, 0.1) is 5.92 Å². The number of nitrogens with one attached hydrogen (secondary N) is 1. The number of piperidine rings is 1. The van der Waals surface area contributed by atoms with Crippen LogP contribution < -0.4 is 5.32 Å². The van der Waals surface area contributed by atoms with Gasteiger partial charge in [0.15, 0.2) is 0 Å². The van der Waals surface area contributed by atoms with Crippen LogP contribution in [0.1, 0.15) is 38.2 Å². The minimum atomic E-state index is -0.186. The van der Waals surface area contributed by atoms with Crippen LogP contribution in [0.3, 0.4) is 0 Å². The molecule has 17 heavy (non-hydrogen) atoms. The monoisotopic (exact) mass is 235 g/mol. The topological polar surface area (TPSA) is 64.0 Å². The van der Waals surface area contributed by atoms with E-state index >= 15 is 0 Å². The van der Waals surface area contributed by atoms with E-state index in [1.807, 2.05) is 24.7 Å². The zero-order chi connectivity index (χ0) is 12.4. The number of imide groups is 1. The van der Waals surface area contributed by atoms with Gasteiger partial charge in [0.25, 0.3) is 0 Å². The van der Waals surface area contributed by atoms with Gasteiger partial charge in [-0.1, -0.05) is 6.92 Å². The van der Waals surface area contributed by atoms with E-state index in [9.17, 15) is 9.59 Å². The van der Waals surface area contributed by atoms with Crippen molar-refractivity contribution in [1.82, 2.24) is 15.1 Å². The number of carbonyl (C=O) groups excluding carboxylic acids is 2. The van der Waals surface area contributed by atoms with Gasteiger partial charge < -0.3 is 0 Å². The quantitative estimate of drug-likeness (QED) is 0.797. The van der Waals surface area contributed by atoms with Crippen LogP contribution in [0.5, 0.6) is 0 Å². The second-order valence-electron chi connectivity index (χ2n) is 4.37. The van der Waals surface area contributed by atoms with E-state index in [1.54, 1.807) is 6.20 Å². The number of nitrogens with zero attached hydrogens (tertiary/aromatic N) is 2. The van der Waals surface area contributed by atoms with Gasteiger partial charge in [-0.25, -0.2) is 0 Å². The first kappa shape index (κ1) is 11.8. The Kier molecular flexibility index (Phi) is 3.26. The van der Waals surface area contributed by atoms with Gasteiger partial charge in [0.2, 0.25) is 11.8 Å². The Morgan fingerprint density at radius 1 is 1.47 bits per heavy atom. The molecule has 0 saturated carbocycles. The van der Waals surface area contributed by atoms with E-state index in [4.69, 9.17) is 0 Å². The standard InChI is InChI=1S/C12H17N3O2/c1-3-9-10(5-11(16)14-12(9)17)8-6-13-15(4-2)7-8/h6-7,9-10H,3-5H2,1-2H3,(H,14,16,17). The van der Waals surface area contributed by atoms with Crippen LogP contribution in [-0.4, -0.2) is 21.6 Å². The van der Waals surface area contributed by atoms with Gasteiger partial charge in [-0.15, -0.1) is 0 Å². The van der Waals surface area contributed by atoms with Crippen molar-refractivity contribution >= 4 is 11.8 Å². The lowest BCUT2D eigenvalue weighted by Gasteiger charge is -2.28. The molecule has 0 radical (unpaired) electrons. The maximum Gasteiger partial charge on any atom is 0.230 e. The fraction of sp³-hybridized carbons (Fsp3) is 0.583.